The van der Waals surface area contributed by atoms with Gasteiger partial charge in [-0.05, 0) is 49.2 Å². The first-order chi connectivity index (χ1) is 10.9. The molecule has 122 valence electrons. The molecule has 2 aromatic carbocycles. The number of allylic oxidation sites excluding steroid dienone is 2. The van der Waals surface area contributed by atoms with Gasteiger partial charge in [-0.25, -0.2) is 8.42 Å². The van der Waals surface area contributed by atoms with Crippen molar-refractivity contribution in [2.24, 2.45) is 0 Å². The van der Waals surface area contributed by atoms with E-state index in [2.05, 4.69) is 0 Å². The Labute approximate surface area is 137 Å². The SMILES string of the molecule is COc1cc(OC)cc(/C(C)=C(\C)S(=O)(=O)c2ccccc2)c1. The molecule has 0 unspecified atom stereocenters. The molecule has 0 atom stereocenters. The van der Waals surface area contributed by atoms with E-state index in [1.807, 2.05) is 0 Å². The van der Waals surface area contributed by atoms with Crippen LogP contribution in [0.1, 0.15) is 19.4 Å². The zero-order chi connectivity index (χ0) is 17.0. The third-order valence-corrected chi connectivity index (χ3v) is 5.77. The predicted molar refractivity (Wildman–Crippen MR) is 91.4 cm³/mol. The topological polar surface area (TPSA) is 52.6 Å². The highest BCUT2D eigenvalue weighted by Crippen LogP contribution is 2.31. The van der Waals surface area contributed by atoms with Crippen molar-refractivity contribution < 1.29 is 17.9 Å². The van der Waals surface area contributed by atoms with E-state index in [1.165, 1.54) is 0 Å². The van der Waals surface area contributed by atoms with E-state index in [0.29, 0.717) is 22.0 Å². The molecular formula is C18H20O4S. The Hall–Kier alpha value is -2.27. The van der Waals surface area contributed by atoms with Gasteiger partial charge in [0.1, 0.15) is 11.5 Å². The highest BCUT2D eigenvalue weighted by Gasteiger charge is 2.20. The number of ether oxygens (including phenoxy) is 2. The van der Waals surface area contributed by atoms with E-state index < -0.39 is 9.84 Å². The fraction of sp³-hybridized carbons (Fsp3) is 0.222. The molecule has 0 aliphatic heterocycles. The lowest BCUT2D eigenvalue weighted by molar-refractivity contribution is 0.394. The molecule has 0 aliphatic carbocycles. The van der Waals surface area contributed by atoms with Gasteiger partial charge in [0.2, 0.25) is 9.84 Å². The molecule has 23 heavy (non-hydrogen) atoms. The number of rotatable bonds is 5. The van der Waals surface area contributed by atoms with Crippen LogP contribution in [0, 0.1) is 0 Å². The third-order valence-electron chi connectivity index (χ3n) is 3.77. The van der Waals surface area contributed by atoms with Crippen LogP contribution in [0.25, 0.3) is 5.57 Å². The van der Waals surface area contributed by atoms with Crippen LogP contribution >= 0.6 is 0 Å². The molecule has 0 aromatic heterocycles. The van der Waals surface area contributed by atoms with Gasteiger partial charge in [-0.3, -0.25) is 0 Å². The van der Waals surface area contributed by atoms with Crippen LogP contribution in [0.2, 0.25) is 0 Å². The minimum atomic E-state index is -3.53. The molecule has 0 saturated carbocycles. The van der Waals surface area contributed by atoms with Crippen molar-refractivity contribution in [3.05, 3.63) is 59.0 Å². The number of benzene rings is 2. The maximum Gasteiger partial charge on any atom is 0.202 e. The zero-order valence-electron chi connectivity index (χ0n) is 13.7. The number of sulfone groups is 1. The van der Waals surface area contributed by atoms with E-state index in [1.54, 1.807) is 76.6 Å². The molecule has 2 aromatic rings. The van der Waals surface area contributed by atoms with Gasteiger partial charge in [0.25, 0.3) is 0 Å². The summed E-state index contributed by atoms with van der Waals surface area (Å²) in [7, 11) is -0.406. The van der Waals surface area contributed by atoms with E-state index in [9.17, 15) is 8.42 Å². The zero-order valence-corrected chi connectivity index (χ0v) is 14.5. The summed E-state index contributed by atoms with van der Waals surface area (Å²) in [5.41, 5.74) is 1.41. The van der Waals surface area contributed by atoms with Gasteiger partial charge in [0, 0.05) is 11.0 Å². The van der Waals surface area contributed by atoms with Crippen LogP contribution in [0.4, 0.5) is 0 Å². The Bertz CT molecular complexity index is 799. The first-order valence-electron chi connectivity index (χ1n) is 7.11. The number of hydrogen-bond acceptors (Lipinski definition) is 4. The van der Waals surface area contributed by atoms with Gasteiger partial charge in [-0.15, -0.1) is 0 Å². The summed E-state index contributed by atoms with van der Waals surface area (Å²) in [5.74, 6) is 1.23. The highest BCUT2D eigenvalue weighted by atomic mass is 32.2. The Kier molecular flexibility index (Phi) is 5.11. The molecule has 0 bridgehead atoms. The second kappa shape index (κ2) is 6.87. The summed E-state index contributed by atoms with van der Waals surface area (Å²) in [6.07, 6.45) is 0. The average molecular weight is 332 g/mol. The number of hydrogen-bond donors (Lipinski definition) is 0. The smallest absolute Gasteiger partial charge is 0.202 e. The predicted octanol–water partition coefficient (Wildman–Crippen LogP) is 3.93. The summed E-state index contributed by atoms with van der Waals surface area (Å²) < 4.78 is 36.0. The van der Waals surface area contributed by atoms with Crippen LogP contribution in [-0.2, 0) is 9.84 Å². The molecule has 0 heterocycles. The standard InChI is InChI=1S/C18H20O4S/c1-13(15-10-16(21-3)12-17(11-15)22-4)14(2)23(19,20)18-8-6-5-7-9-18/h5-12H,1-4H3/b14-13+. The van der Waals surface area contributed by atoms with Crippen molar-refractivity contribution in [2.75, 3.05) is 14.2 Å². The van der Waals surface area contributed by atoms with Crippen LogP contribution in [-0.4, -0.2) is 22.6 Å². The van der Waals surface area contributed by atoms with Gasteiger partial charge in [-0.2, -0.15) is 0 Å². The van der Waals surface area contributed by atoms with E-state index >= 15 is 0 Å². The van der Waals surface area contributed by atoms with Crippen LogP contribution in [0.5, 0.6) is 11.5 Å². The lowest BCUT2D eigenvalue weighted by atomic mass is 10.1. The Morgan fingerprint density at radius 1 is 0.870 bits per heavy atom. The normalized spacial score (nSPS) is 12.5. The lowest BCUT2D eigenvalue weighted by Crippen LogP contribution is -2.04. The molecule has 0 radical (unpaired) electrons. The van der Waals surface area contributed by atoms with Crippen molar-refractivity contribution in [3.63, 3.8) is 0 Å². The van der Waals surface area contributed by atoms with Crippen LogP contribution < -0.4 is 9.47 Å². The van der Waals surface area contributed by atoms with Crippen molar-refractivity contribution in [1.29, 1.82) is 0 Å². The van der Waals surface area contributed by atoms with E-state index in [4.69, 9.17) is 9.47 Å². The van der Waals surface area contributed by atoms with E-state index in [-0.39, 0.29) is 4.90 Å². The molecule has 2 rings (SSSR count). The van der Waals surface area contributed by atoms with Crippen molar-refractivity contribution in [2.45, 2.75) is 18.7 Å². The molecule has 0 amide bonds. The third kappa shape index (κ3) is 3.56. The maximum absolute atomic E-state index is 12.7. The van der Waals surface area contributed by atoms with Gasteiger partial charge >= 0.3 is 0 Å². The fourth-order valence-electron chi connectivity index (χ4n) is 2.21. The second-order valence-corrected chi connectivity index (χ2v) is 7.19. The minimum absolute atomic E-state index is 0.284. The highest BCUT2D eigenvalue weighted by molar-refractivity contribution is 7.95. The Morgan fingerprint density at radius 2 is 1.39 bits per heavy atom. The van der Waals surface area contributed by atoms with Crippen LogP contribution in [0.3, 0.4) is 0 Å². The first-order valence-corrected chi connectivity index (χ1v) is 8.59. The quantitative estimate of drug-likeness (QED) is 0.832. The van der Waals surface area contributed by atoms with Crippen molar-refractivity contribution >= 4 is 15.4 Å². The van der Waals surface area contributed by atoms with E-state index in [0.717, 1.165) is 5.56 Å². The first kappa shape index (κ1) is 17.1. The average Bonchev–Trinajstić information content (AvgIpc) is 2.60. The molecule has 0 saturated heterocycles. The van der Waals surface area contributed by atoms with Crippen LogP contribution in [0.15, 0.2) is 58.3 Å². The maximum atomic E-state index is 12.7. The summed E-state index contributed by atoms with van der Waals surface area (Å²) in [6.45, 7) is 3.40. The van der Waals surface area contributed by atoms with Gasteiger partial charge in [0.15, 0.2) is 0 Å². The molecule has 0 fully saturated rings. The molecule has 5 heteroatoms. The van der Waals surface area contributed by atoms with Gasteiger partial charge in [-0.1, -0.05) is 18.2 Å². The van der Waals surface area contributed by atoms with Gasteiger partial charge < -0.3 is 9.47 Å². The van der Waals surface area contributed by atoms with Crippen molar-refractivity contribution in [3.8, 4) is 11.5 Å². The molecule has 0 spiro atoms. The van der Waals surface area contributed by atoms with Gasteiger partial charge in [0.05, 0.1) is 19.1 Å². The molecular weight excluding hydrogens is 312 g/mol. The second-order valence-electron chi connectivity index (χ2n) is 5.10. The monoisotopic (exact) mass is 332 g/mol. The summed E-state index contributed by atoms with van der Waals surface area (Å²) in [6, 6.07) is 13.7. The minimum Gasteiger partial charge on any atom is -0.497 e. The lowest BCUT2D eigenvalue weighted by Gasteiger charge is -2.12. The summed E-state index contributed by atoms with van der Waals surface area (Å²) in [5, 5.41) is 0. The largest absolute Gasteiger partial charge is 0.497 e. The number of methoxy groups -OCH3 is 2. The summed E-state index contributed by atoms with van der Waals surface area (Å²) >= 11 is 0. The Morgan fingerprint density at radius 3 is 1.87 bits per heavy atom. The molecule has 4 nitrogen and oxygen atoms in total. The molecule has 0 N–H and O–H groups in total. The molecule has 0 aliphatic rings. The summed E-state index contributed by atoms with van der Waals surface area (Å²) in [4.78, 5) is 0.589. The Balaban J connectivity index is 2.57. The fourth-order valence-corrected chi connectivity index (χ4v) is 3.60. The van der Waals surface area contributed by atoms with Crippen molar-refractivity contribution in [1.82, 2.24) is 0 Å².